The lowest BCUT2D eigenvalue weighted by Crippen LogP contribution is -2.50. The summed E-state index contributed by atoms with van der Waals surface area (Å²) in [5.41, 5.74) is 4.87. The maximum absolute atomic E-state index is 14.7. The van der Waals surface area contributed by atoms with E-state index in [1.165, 1.54) is 6.07 Å². The number of carboxylic acid groups (broad SMARTS) is 1. The Morgan fingerprint density at radius 3 is 2.47 bits per heavy atom. The minimum Gasteiger partial charge on any atom is -0.481 e. The molecule has 1 spiro atoms. The summed E-state index contributed by atoms with van der Waals surface area (Å²) < 4.78 is 16.6. The van der Waals surface area contributed by atoms with Crippen LogP contribution in [0.5, 0.6) is 0 Å². The number of carboxylic acids is 1. The molecule has 2 aliphatic carbocycles. The number of halogens is 1. The minimum absolute atomic E-state index is 0.0108. The van der Waals surface area contributed by atoms with Crippen molar-refractivity contribution in [3.63, 3.8) is 0 Å². The maximum Gasteiger partial charge on any atom is 0.306 e. The molecule has 0 amide bonds. The molecule has 0 unspecified atom stereocenters. The summed E-state index contributed by atoms with van der Waals surface area (Å²) in [6, 6.07) is 22.4. The molecule has 2 saturated carbocycles. The quantitative estimate of drug-likeness (QED) is 0.279. The van der Waals surface area contributed by atoms with Crippen molar-refractivity contribution in [2.45, 2.75) is 38.6 Å². The number of aromatic nitrogens is 1. The second kappa shape index (κ2) is 9.25. The van der Waals surface area contributed by atoms with Gasteiger partial charge in [-0.25, -0.2) is 4.39 Å². The first kappa shape index (κ1) is 24.1. The van der Waals surface area contributed by atoms with Gasteiger partial charge in [-0.1, -0.05) is 36.4 Å². The molecule has 38 heavy (non-hydrogen) atoms. The highest BCUT2D eigenvalue weighted by Gasteiger charge is 2.54. The smallest absolute Gasteiger partial charge is 0.306 e. The third kappa shape index (κ3) is 4.28. The summed E-state index contributed by atoms with van der Waals surface area (Å²) in [6.07, 6.45) is 5.48. The molecule has 1 heterocycles. The summed E-state index contributed by atoms with van der Waals surface area (Å²) in [5.74, 6) is -1.03. The van der Waals surface area contributed by atoms with Gasteiger partial charge in [-0.15, -0.1) is 0 Å². The van der Waals surface area contributed by atoms with Crippen molar-refractivity contribution in [2.75, 3.05) is 0 Å². The molecule has 5 nitrogen and oxygen atoms in total. The number of nitriles is 1. The van der Waals surface area contributed by atoms with E-state index in [-0.39, 0.29) is 28.9 Å². The van der Waals surface area contributed by atoms with Crippen molar-refractivity contribution < 1.29 is 19.1 Å². The molecule has 0 atom stereocenters. The molecule has 0 aliphatic heterocycles. The third-order valence-corrected chi connectivity index (χ3v) is 8.43. The highest BCUT2D eigenvalue weighted by molar-refractivity contribution is 6.07. The largest absolute Gasteiger partial charge is 0.481 e. The highest BCUT2D eigenvalue weighted by Crippen LogP contribution is 2.62. The third-order valence-electron chi connectivity index (χ3n) is 8.43. The predicted molar refractivity (Wildman–Crippen MR) is 142 cm³/mol. The molecule has 0 bridgehead atoms. The van der Waals surface area contributed by atoms with E-state index >= 15 is 0 Å². The Morgan fingerprint density at radius 1 is 1.00 bits per heavy atom. The number of carbonyl (C=O) groups excluding carboxylic acids is 1. The lowest BCUT2D eigenvalue weighted by atomic mass is 9.47. The number of aliphatic carboxylic acids is 1. The van der Waals surface area contributed by atoms with Gasteiger partial charge >= 0.3 is 5.97 Å². The molecule has 3 aromatic carbocycles. The van der Waals surface area contributed by atoms with Crippen LogP contribution in [0.2, 0.25) is 0 Å². The van der Waals surface area contributed by atoms with Gasteiger partial charge in [0.1, 0.15) is 5.82 Å². The van der Waals surface area contributed by atoms with Crippen molar-refractivity contribution in [1.29, 1.82) is 5.26 Å². The van der Waals surface area contributed by atoms with Crippen LogP contribution in [0.4, 0.5) is 4.39 Å². The molecule has 6 rings (SSSR count). The SMILES string of the molecule is N#Cc1cccc(-c2ccc(Cn3ccc4c(F)ccc(C(=O)CC5CC6(C5)CC(C(=O)O)C6)c43)cc2)c1. The number of nitrogens with zero attached hydrogens (tertiary/aromatic N) is 2. The fourth-order valence-electron chi connectivity index (χ4n) is 6.59. The lowest BCUT2D eigenvalue weighted by Gasteiger charge is -2.56. The zero-order chi connectivity index (χ0) is 26.4. The van der Waals surface area contributed by atoms with E-state index < -0.39 is 5.97 Å². The summed E-state index contributed by atoms with van der Waals surface area (Å²) in [5, 5.41) is 18.8. The summed E-state index contributed by atoms with van der Waals surface area (Å²) >= 11 is 0. The number of benzene rings is 3. The van der Waals surface area contributed by atoms with Gasteiger partial charge in [0.15, 0.2) is 5.78 Å². The summed E-state index contributed by atoms with van der Waals surface area (Å²) in [6.45, 7) is 0.495. The maximum atomic E-state index is 14.7. The predicted octanol–water partition coefficient (Wildman–Crippen LogP) is 6.83. The van der Waals surface area contributed by atoms with Crippen LogP contribution in [0.3, 0.4) is 0 Å². The van der Waals surface area contributed by atoms with E-state index in [2.05, 4.69) is 6.07 Å². The molecule has 1 N–H and O–H groups in total. The molecule has 1 aromatic heterocycles. The van der Waals surface area contributed by atoms with Crippen LogP contribution >= 0.6 is 0 Å². The molecule has 0 radical (unpaired) electrons. The van der Waals surface area contributed by atoms with E-state index in [9.17, 15) is 19.2 Å². The number of fused-ring (bicyclic) bond motifs is 1. The van der Waals surface area contributed by atoms with Crippen LogP contribution in [-0.4, -0.2) is 21.4 Å². The standard InChI is InChI=1S/C32H27FN2O3/c33-28-9-8-27(29(36)13-22-14-32(15-22)16-25(17-32)31(37)38)30-26(28)10-11-35(30)19-20-4-6-23(7-5-20)24-3-1-2-21(12-24)18-34/h1-12,22,25H,13-17,19H2,(H,37,38). The number of rotatable bonds is 7. The van der Waals surface area contributed by atoms with Gasteiger partial charge in [0.05, 0.1) is 23.1 Å². The minimum atomic E-state index is -0.715. The molecule has 190 valence electrons. The first-order valence-electron chi connectivity index (χ1n) is 13.0. The van der Waals surface area contributed by atoms with Crippen LogP contribution in [0.25, 0.3) is 22.0 Å². The fraction of sp³-hybridized carbons (Fsp3) is 0.281. The summed E-state index contributed by atoms with van der Waals surface area (Å²) in [4.78, 5) is 24.5. The molecular weight excluding hydrogens is 479 g/mol. The van der Waals surface area contributed by atoms with Crippen molar-refractivity contribution >= 4 is 22.7 Å². The van der Waals surface area contributed by atoms with Crippen LogP contribution in [0.15, 0.2) is 72.9 Å². The lowest BCUT2D eigenvalue weighted by molar-refractivity contribution is -0.157. The Bertz CT molecular complexity index is 1600. The average molecular weight is 507 g/mol. The number of Topliss-reactive ketones (excluding diaryl/α,β-unsaturated/α-hetero) is 1. The van der Waals surface area contributed by atoms with Gasteiger partial charge in [0.2, 0.25) is 0 Å². The fourth-order valence-corrected chi connectivity index (χ4v) is 6.59. The Morgan fingerprint density at radius 2 is 1.76 bits per heavy atom. The zero-order valence-corrected chi connectivity index (χ0v) is 20.9. The second-order valence-corrected chi connectivity index (χ2v) is 11.0. The Balaban J connectivity index is 1.19. The molecule has 4 aromatic rings. The van der Waals surface area contributed by atoms with E-state index in [0.717, 1.165) is 42.4 Å². The van der Waals surface area contributed by atoms with Crippen molar-refractivity contribution in [3.05, 3.63) is 95.4 Å². The monoisotopic (exact) mass is 506 g/mol. The first-order valence-corrected chi connectivity index (χ1v) is 13.0. The number of ketones is 1. The van der Waals surface area contributed by atoms with Crippen molar-refractivity contribution in [2.24, 2.45) is 17.3 Å². The van der Waals surface area contributed by atoms with Crippen LogP contribution < -0.4 is 0 Å². The topological polar surface area (TPSA) is 83.1 Å². The molecule has 2 aliphatic rings. The highest BCUT2D eigenvalue weighted by atomic mass is 19.1. The molecule has 0 saturated heterocycles. The Kier molecular flexibility index (Phi) is 5.87. The van der Waals surface area contributed by atoms with Gasteiger partial charge in [0, 0.05) is 30.1 Å². The summed E-state index contributed by atoms with van der Waals surface area (Å²) in [7, 11) is 0. The van der Waals surface area contributed by atoms with Crippen LogP contribution in [0, 0.1) is 34.4 Å². The Hall–Kier alpha value is -4.24. The molecule has 2 fully saturated rings. The van der Waals surface area contributed by atoms with E-state index in [1.807, 2.05) is 53.2 Å². The van der Waals surface area contributed by atoms with Gasteiger partial charge in [-0.05, 0) is 84.0 Å². The normalized spacial score (nSPS) is 22.0. The average Bonchev–Trinajstić information content (AvgIpc) is 3.29. The van der Waals surface area contributed by atoms with Crippen LogP contribution in [-0.2, 0) is 11.3 Å². The first-order chi connectivity index (χ1) is 18.3. The van der Waals surface area contributed by atoms with E-state index in [4.69, 9.17) is 5.11 Å². The van der Waals surface area contributed by atoms with Gasteiger partial charge < -0.3 is 9.67 Å². The van der Waals surface area contributed by atoms with E-state index in [1.54, 1.807) is 18.2 Å². The van der Waals surface area contributed by atoms with Gasteiger partial charge in [0.25, 0.3) is 0 Å². The zero-order valence-electron chi connectivity index (χ0n) is 20.9. The number of hydrogen-bond donors (Lipinski definition) is 1. The number of hydrogen-bond acceptors (Lipinski definition) is 3. The van der Waals surface area contributed by atoms with E-state index in [0.29, 0.717) is 35.0 Å². The van der Waals surface area contributed by atoms with Crippen molar-refractivity contribution in [1.82, 2.24) is 4.57 Å². The number of carbonyl (C=O) groups is 2. The van der Waals surface area contributed by atoms with Crippen LogP contribution in [0.1, 0.15) is 53.6 Å². The van der Waals surface area contributed by atoms with Gasteiger partial charge in [-0.3, -0.25) is 9.59 Å². The van der Waals surface area contributed by atoms with Gasteiger partial charge in [-0.2, -0.15) is 5.26 Å². The molecule has 6 heteroatoms. The molecular formula is C32H27FN2O3. The second-order valence-electron chi connectivity index (χ2n) is 11.0. The van der Waals surface area contributed by atoms with Crippen molar-refractivity contribution in [3.8, 4) is 17.2 Å². The Labute approximate surface area is 220 Å².